The molecule has 2 amide bonds. The maximum atomic E-state index is 13.9. The Balaban J connectivity index is 1.49. The Bertz CT molecular complexity index is 1300. The van der Waals surface area contributed by atoms with E-state index in [9.17, 15) is 9.59 Å². The molecule has 3 aromatic carbocycles. The molecule has 3 atom stereocenters. The van der Waals surface area contributed by atoms with E-state index in [1.54, 1.807) is 36.4 Å². The first kappa shape index (κ1) is 26.6. The number of carbonyl (C=O) groups excluding carboxylic acids is 2. The van der Waals surface area contributed by atoms with Crippen molar-refractivity contribution in [1.82, 2.24) is 0 Å². The number of hydroxylamine groups is 1. The highest BCUT2D eigenvalue weighted by Crippen LogP contribution is 2.48. The van der Waals surface area contributed by atoms with Gasteiger partial charge in [0.25, 0.3) is 5.91 Å². The number of para-hydroxylation sites is 1. The number of carbonyl (C=O) groups is 2. The fraction of sp³-hybridized carbons (Fsp3) is 0.355. The Labute approximate surface area is 229 Å². The van der Waals surface area contributed by atoms with Gasteiger partial charge < -0.3 is 14.2 Å². The van der Waals surface area contributed by atoms with E-state index in [2.05, 4.69) is 6.92 Å². The fourth-order valence-corrected chi connectivity index (χ4v) is 5.03. The Morgan fingerprint density at radius 3 is 2.26 bits per heavy atom. The fourth-order valence-electron chi connectivity index (χ4n) is 5.03. The summed E-state index contributed by atoms with van der Waals surface area (Å²) in [7, 11) is 1.59. The predicted molar refractivity (Wildman–Crippen MR) is 148 cm³/mol. The molecule has 2 fully saturated rings. The topological polar surface area (TPSA) is 77.5 Å². The normalized spacial score (nSPS) is 20.3. The molecule has 8 nitrogen and oxygen atoms in total. The maximum absolute atomic E-state index is 13.9. The monoisotopic (exact) mass is 530 g/mol. The SMILES string of the molecule is CCCCOc1ccc([C@@H]2[C@H]3C(=O)N(c4ccc(OCCC)cc4)C(=O)[C@H]3ON2c2ccccc2)cc1OC. The number of imide groups is 1. The van der Waals surface area contributed by atoms with Crippen LogP contribution in [0.15, 0.2) is 72.8 Å². The zero-order valence-electron chi connectivity index (χ0n) is 22.5. The van der Waals surface area contributed by atoms with Gasteiger partial charge in [-0.3, -0.25) is 14.4 Å². The van der Waals surface area contributed by atoms with Gasteiger partial charge in [0, 0.05) is 0 Å². The molecule has 2 aliphatic rings. The summed E-state index contributed by atoms with van der Waals surface area (Å²) < 4.78 is 17.2. The Hall–Kier alpha value is -4.04. The summed E-state index contributed by atoms with van der Waals surface area (Å²) in [5.41, 5.74) is 2.04. The van der Waals surface area contributed by atoms with Crippen molar-refractivity contribution in [2.24, 2.45) is 5.92 Å². The Morgan fingerprint density at radius 2 is 1.56 bits per heavy atom. The van der Waals surface area contributed by atoms with Crippen LogP contribution in [0.4, 0.5) is 11.4 Å². The van der Waals surface area contributed by atoms with Crippen LogP contribution in [0.3, 0.4) is 0 Å². The van der Waals surface area contributed by atoms with Crippen LogP contribution in [-0.2, 0) is 14.4 Å². The largest absolute Gasteiger partial charge is 0.494 e. The lowest BCUT2D eigenvalue weighted by molar-refractivity contribution is -0.126. The zero-order valence-corrected chi connectivity index (χ0v) is 22.5. The number of benzene rings is 3. The summed E-state index contributed by atoms with van der Waals surface area (Å²) in [6, 6.07) is 21.6. The summed E-state index contributed by atoms with van der Waals surface area (Å²) in [4.78, 5) is 35.0. The third-order valence-corrected chi connectivity index (χ3v) is 6.98. The first-order valence-electron chi connectivity index (χ1n) is 13.5. The van der Waals surface area contributed by atoms with Gasteiger partial charge in [-0.15, -0.1) is 0 Å². The number of methoxy groups -OCH3 is 1. The number of rotatable bonds is 11. The number of ether oxygens (including phenoxy) is 3. The number of nitrogens with zero attached hydrogens (tertiary/aromatic N) is 2. The Morgan fingerprint density at radius 1 is 0.795 bits per heavy atom. The van der Waals surface area contributed by atoms with E-state index in [4.69, 9.17) is 19.0 Å². The van der Waals surface area contributed by atoms with E-state index < -0.39 is 18.1 Å². The molecule has 0 saturated carbocycles. The summed E-state index contributed by atoms with van der Waals surface area (Å²) in [5, 5.41) is 1.68. The van der Waals surface area contributed by atoms with Gasteiger partial charge in [-0.25, -0.2) is 9.96 Å². The molecule has 0 N–H and O–H groups in total. The van der Waals surface area contributed by atoms with Gasteiger partial charge >= 0.3 is 0 Å². The van der Waals surface area contributed by atoms with Crippen molar-refractivity contribution in [3.63, 3.8) is 0 Å². The molecule has 0 unspecified atom stereocenters. The smallest absolute Gasteiger partial charge is 0.266 e. The molecule has 204 valence electrons. The van der Waals surface area contributed by atoms with Crippen molar-refractivity contribution in [2.45, 2.75) is 45.3 Å². The molecule has 0 radical (unpaired) electrons. The molecule has 0 aliphatic carbocycles. The molecule has 2 aliphatic heterocycles. The molecule has 2 heterocycles. The number of hydrogen-bond acceptors (Lipinski definition) is 7. The van der Waals surface area contributed by atoms with Crippen molar-refractivity contribution in [2.75, 3.05) is 30.3 Å². The number of fused-ring (bicyclic) bond motifs is 1. The second kappa shape index (κ2) is 11.8. The highest BCUT2D eigenvalue weighted by atomic mass is 16.7. The number of anilines is 2. The number of hydrogen-bond donors (Lipinski definition) is 0. The minimum absolute atomic E-state index is 0.308. The van der Waals surface area contributed by atoms with Gasteiger partial charge in [0.05, 0.1) is 37.7 Å². The quantitative estimate of drug-likeness (QED) is 0.232. The molecule has 5 rings (SSSR count). The molecule has 3 aromatic rings. The summed E-state index contributed by atoms with van der Waals surface area (Å²) in [5.74, 6) is 0.455. The van der Waals surface area contributed by atoms with Crippen LogP contribution >= 0.6 is 0 Å². The van der Waals surface area contributed by atoms with Gasteiger partial charge in [0.2, 0.25) is 5.91 Å². The van der Waals surface area contributed by atoms with Crippen molar-refractivity contribution in [3.8, 4) is 17.2 Å². The molecular formula is C31H34N2O6. The first-order chi connectivity index (χ1) is 19.1. The summed E-state index contributed by atoms with van der Waals surface area (Å²) in [6.07, 6.45) is 1.90. The zero-order chi connectivity index (χ0) is 27.4. The standard InChI is InChI=1S/C31H34N2O6/c1-4-6-19-38-25-17-12-21(20-26(25)36-3)28-27-29(39-33(28)23-10-8-7-9-11-23)31(35)32(30(27)34)22-13-15-24(16-14-22)37-18-5-2/h7-17,20,27-29H,4-6,18-19H2,1-3H3/t27-,28-,29+/m1/s1. The van der Waals surface area contributed by atoms with Gasteiger partial charge in [0.1, 0.15) is 11.7 Å². The third kappa shape index (κ3) is 5.16. The second-order valence-electron chi connectivity index (χ2n) is 9.62. The van der Waals surface area contributed by atoms with Crippen LogP contribution in [0.1, 0.15) is 44.7 Å². The van der Waals surface area contributed by atoms with Crippen LogP contribution in [0.5, 0.6) is 17.2 Å². The highest BCUT2D eigenvalue weighted by Gasteiger charge is 2.60. The van der Waals surface area contributed by atoms with Gasteiger partial charge in [-0.2, -0.15) is 0 Å². The second-order valence-corrected chi connectivity index (χ2v) is 9.62. The molecule has 39 heavy (non-hydrogen) atoms. The molecule has 8 heteroatoms. The van der Waals surface area contributed by atoms with Crippen LogP contribution in [0.2, 0.25) is 0 Å². The number of unbranched alkanes of at least 4 members (excludes halogenated alkanes) is 1. The lowest BCUT2D eigenvalue weighted by Crippen LogP contribution is -2.37. The average molecular weight is 531 g/mol. The lowest BCUT2D eigenvalue weighted by atomic mass is 9.90. The maximum Gasteiger partial charge on any atom is 0.266 e. The molecular weight excluding hydrogens is 496 g/mol. The molecule has 0 bridgehead atoms. The van der Waals surface area contributed by atoms with Gasteiger partial charge in [-0.1, -0.05) is 44.5 Å². The summed E-state index contributed by atoms with van der Waals surface area (Å²) >= 11 is 0. The molecule has 0 aromatic heterocycles. The highest BCUT2D eigenvalue weighted by molar-refractivity contribution is 6.23. The third-order valence-electron chi connectivity index (χ3n) is 6.98. The molecule has 2 saturated heterocycles. The minimum atomic E-state index is -0.954. The van der Waals surface area contributed by atoms with Crippen molar-refractivity contribution >= 4 is 23.2 Å². The van der Waals surface area contributed by atoms with E-state index in [0.717, 1.165) is 30.5 Å². The van der Waals surface area contributed by atoms with E-state index >= 15 is 0 Å². The average Bonchev–Trinajstić information content (AvgIpc) is 3.48. The minimum Gasteiger partial charge on any atom is -0.494 e. The van der Waals surface area contributed by atoms with Gasteiger partial charge in [0.15, 0.2) is 17.6 Å². The first-order valence-corrected chi connectivity index (χ1v) is 13.5. The van der Waals surface area contributed by atoms with Crippen molar-refractivity contribution < 1.29 is 28.6 Å². The van der Waals surface area contributed by atoms with Gasteiger partial charge in [-0.05, 0) is 66.9 Å². The van der Waals surface area contributed by atoms with E-state index in [1.165, 1.54) is 4.90 Å². The van der Waals surface area contributed by atoms with Crippen molar-refractivity contribution in [1.29, 1.82) is 0 Å². The van der Waals surface area contributed by atoms with Crippen molar-refractivity contribution in [3.05, 3.63) is 78.4 Å². The lowest BCUT2D eigenvalue weighted by Gasteiger charge is -2.29. The summed E-state index contributed by atoms with van der Waals surface area (Å²) in [6.45, 7) is 5.33. The van der Waals surface area contributed by atoms with Crippen LogP contribution < -0.4 is 24.2 Å². The van der Waals surface area contributed by atoms with E-state index in [1.807, 2.05) is 55.5 Å². The predicted octanol–water partition coefficient (Wildman–Crippen LogP) is 5.71. The molecule has 0 spiro atoms. The van der Waals surface area contributed by atoms with E-state index in [-0.39, 0.29) is 11.8 Å². The van der Waals surface area contributed by atoms with E-state index in [0.29, 0.717) is 36.1 Å². The van der Waals surface area contributed by atoms with Crippen LogP contribution in [-0.4, -0.2) is 38.2 Å². The van der Waals surface area contributed by atoms with Crippen LogP contribution in [0.25, 0.3) is 0 Å². The van der Waals surface area contributed by atoms with Crippen LogP contribution in [0, 0.1) is 5.92 Å². The Kier molecular flexibility index (Phi) is 8.02. The number of amides is 2.